The van der Waals surface area contributed by atoms with Crippen molar-refractivity contribution in [2.24, 2.45) is 11.3 Å². The molecular weight excluding hydrogens is 274 g/mol. The van der Waals surface area contributed by atoms with E-state index in [1.165, 1.54) is 6.42 Å². The first-order chi connectivity index (χ1) is 9.44. The minimum absolute atomic E-state index is 0.266. The molecule has 1 aromatic carbocycles. The van der Waals surface area contributed by atoms with E-state index < -0.39 is 0 Å². The van der Waals surface area contributed by atoms with Gasteiger partial charge in [0.2, 0.25) is 0 Å². The first kappa shape index (κ1) is 15.5. The molecule has 1 saturated carbocycles. The normalized spacial score (nSPS) is 21.4. The quantitative estimate of drug-likeness (QED) is 0.859. The second-order valence-corrected chi connectivity index (χ2v) is 6.47. The maximum Gasteiger partial charge on any atom is 0.162 e. The van der Waals surface area contributed by atoms with E-state index in [1.54, 1.807) is 14.2 Å². The molecule has 4 heteroatoms. The van der Waals surface area contributed by atoms with Gasteiger partial charge < -0.3 is 14.8 Å². The van der Waals surface area contributed by atoms with Gasteiger partial charge in [-0.2, -0.15) is 0 Å². The number of hydrogen-bond donors (Lipinski definition) is 1. The lowest BCUT2D eigenvalue weighted by atomic mass is 9.96. The van der Waals surface area contributed by atoms with Crippen LogP contribution < -0.4 is 14.8 Å². The molecule has 0 spiro atoms. The summed E-state index contributed by atoms with van der Waals surface area (Å²) in [6, 6.07) is 4.11. The SMILES string of the molecule is CCNC(c1cc(OC)c(OC)cc1Cl)C1CC1(C)C. The molecule has 2 unspecified atom stereocenters. The molecule has 0 bridgehead atoms. The number of halogens is 1. The molecule has 1 N–H and O–H groups in total. The van der Waals surface area contributed by atoms with Gasteiger partial charge in [0, 0.05) is 17.1 Å². The average molecular weight is 298 g/mol. The van der Waals surface area contributed by atoms with E-state index in [0.29, 0.717) is 17.1 Å². The highest BCUT2D eigenvalue weighted by Gasteiger charge is 2.50. The zero-order chi connectivity index (χ0) is 14.9. The largest absolute Gasteiger partial charge is 0.493 e. The van der Waals surface area contributed by atoms with Crippen LogP contribution in [0.15, 0.2) is 12.1 Å². The maximum atomic E-state index is 6.46. The van der Waals surface area contributed by atoms with E-state index in [0.717, 1.165) is 22.9 Å². The lowest BCUT2D eigenvalue weighted by molar-refractivity contribution is 0.352. The fourth-order valence-corrected chi connectivity index (χ4v) is 3.15. The van der Waals surface area contributed by atoms with Crippen LogP contribution in [0.2, 0.25) is 5.02 Å². The zero-order valence-electron chi connectivity index (χ0n) is 12.9. The van der Waals surface area contributed by atoms with Crippen molar-refractivity contribution in [2.75, 3.05) is 20.8 Å². The predicted octanol–water partition coefficient (Wildman–Crippen LogP) is 4.05. The van der Waals surface area contributed by atoms with Crippen LogP contribution in [-0.4, -0.2) is 20.8 Å². The van der Waals surface area contributed by atoms with Crippen LogP contribution in [0, 0.1) is 11.3 Å². The monoisotopic (exact) mass is 297 g/mol. The van der Waals surface area contributed by atoms with Crippen molar-refractivity contribution in [3.05, 3.63) is 22.7 Å². The van der Waals surface area contributed by atoms with Gasteiger partial charge in [-0.15, -0.1) is 0 Å². The second-order valence-electron chi connectivity index (χ2n) is 6.06. The Morgan fingerprint density at radius 1 is 1.30 bits per heavy atom. The van der Waals surface area contributed by atoms with Crippen molar-refractivity contribution < 1.29 is 9.47 Å². The molecule has 0 aromatic heterocycles. The lowest BCUT2D eigenvalue weighted by Crippen LogP contribution is -2.24. The molecule has 0 aliphatic heterocycles. The van der Waals surface area contributed by atoms with Crippen molar-refractivity contribution in [2.45, 2.75) is 33.2 Å². The van der Waals surface area contributed by atoms with E-state index in [1.807, 2.05) is 12.1 Å². The first-order valence-electron chi connectivity index (χ1n) is 7.09. The van der Waals surface area contributed by atoms with Crippen LogP contribution >= 0.6 is 11.6 Å². The van der Waals surface area contributed by atoms with E-state index in [2.05, 4.69) is 26.1 Å². The number of ether oxygens (including phenoxy) is 2. The van der Waals surface area contributed by atoms with E-state index in [-0.39, 0.29) is 6.04 Å². The Hall–Kier alpha value is -0.930. The summed E-state index contributed by atoms with van der Waals surface area (Å²) in [7, 11) is 3.28. The summed E-state index contributed by atoms with van der Waals surface area (Å²) < 4.78 is 10.7. The Bertz CT molecular complexity index is 488. The number of benzene rings is 1. The fourth-order valence-electron chi connectivity index (χ4n) is 2.87. The minimum atomic E-state index is 0.266. The Morgan fingerprint density at radius 2 is 1.85 bits per heavy atom. The molecule has 20 heavy (non-hydrogen) atoms. The van der Waals surface area contributed by atoms with Gasteiger partial charge in [0.05, 0.1) is 14.2 Å². The predicted molar refractivity (Wildman–Crippen MR) is 82.9 cm³/mol. The lowest BCUT2D eigenvalue weighted by Gasteiger charge is -2.22. The van der Waals surface area contributed by atoms with Crippen LogP contribution in [0.25, 0.3) is 0 Å². The van der Waals surface area contributed by atoms with Gasteiger partial charge in [-0.25, -0.2) is 0 Å². The van der Waals surface area contributed by atoms with E-state index in [9.17, 15) is 0 Å². The summed E-state index contributed by atoms with van der Waals surface area (Å²) in [4.78, 5) is 0. The molecule has 112 valence electrons. The molecule has 2 rings (SSSR count). The summed E-state index contributed by atoms with van der Waals surface area (Å²) in [5.41, 5.74) is 1.48. The molecule has 1 fully saturated rings. The molecular formula is C16H24ClNO2. The molecule has 0 amide bonds. The third-order valence-corrected chi connectivity index (χ3v) is 4.58. The number of methoxy groups -OCH3 is 2. The van der Waals surface area contributed by atoms with E-state index in [4.69, 9.17) is 21.1 Å². The minimum Gasteiger partial charge on any atom is -0.493 e. The molecule has 1 aliphatic carbocycles. The summed E-state index contributed by atoms with van der Waals surface area (Å²) >= 11 is 6.46. The molecule has 0 saturated heterocycles. The van der Waals surface area contributed by atoms with Gasteiger partial charge in [0.25, 0.3) is 0 Å². The summed E-state index contributed by atoms with van der Waals surface area (Å²) in [6.45, 7) is 7.65. The summed E-state index contributed by atoms with van der Waals surface area (Å²) in [5.74, 6) is 2.01. The van der Waals surface area contributed by atoms with Crippen molar-refractivity contribution in [1.82, 2.24) is 5.32 Å². The number of nitrogens with one attached hydrogen (secondary N) is 1. The molecule has 0 heterocycles. The van der Waals surface area contributed by atoms with Crippen molar-refractivity contribution in [1.29, 1.82) is 0 Å². The smallest absolute Gasteiger partial charge is 0.162 e. The highest BCUT2D eigenvalue weighted by Crippen LogP contribution is 2.58. The number of rotatable bonds is 6. The van der Waals surface area contributed by atoms with Crippen molar-refractivity contribution >= 4 is 11.6 Å². The molecule has 2 atom stereocenters. The topological polar surface area (TPSA) is 30.5 Å². The van der Waals surface area contributed by atoms with Gasteiger partial charge in [0.15, 0.2) is 11.5 Å². The van der Waals surface area contributed by atoms with Gasteiger partial charge in [-0.1, -0.05) is 32.4 Å². The summed E-state index contributed by atoms with van der Waals surface area (Å²) in [6.07, 6.45) is 1.22. The van der Waals surface area contributed by atoms with Crippen molar-refractivity contribution in [3.8, 4) is 11.5 Å². The first-order valence-corrected chi connectivity index (χ1v) is 7.47. The van der Waals surface area contributed by atoms with E-state index >= 15 is 0 Å². The fraction of sp³-hybridized carbons (Fsp3) is 0.625. The molecule has 0 radical (unpaired) electrons. The Morgan fingerprint density at radius 3 is 2.30 bits per heavy atom. The maximum absolute atomic E-state index is 6.46. The van der Waals surface area contributed by atoms with Crippen LogP contribution in [-0.2, 0) is 0 Å². The average Bonchev–Trinajstić information content (AvgIpc) is 3.04. The second kappa shape index (κ2) is 5.82. The number of hydrogen-bond acceptors (Lipinski definition) is 3. The molecule has 1 aliphatic rings. The van der Waals surface area contributed by atoms with Gasteiger partial charge in [-0.05, 0) is 35.9 Å². The standard InChI is InChI=1S/C16H24ClNO2/c1-6-18-15(11-9-16(11,2)3)10-7-13(19-4)14(20-5)8-12(10)17/h7-8,11,15,18H,6,9H2,1-5H3. The Balaban J connectivity index is 2.38. The van der Waals surface area contributed by atoms with Crippen LogP contribution in [0.3, 0.4) is 0 Å². The Kier molecular flexibility index (Phi) is 4.50. The highest BCUT2D eigenvalue weighted by molar-refractivity contribution is 6.31. The van der Waals surface area contributed by atoms with Crippen molar-refractivity contribution in [3.63, 3.8) is 0 Å². The van der Waals surface area contributed by atoms with Crippen LogP contribution in [0.5, 0.6) is 11.5 Å². The van der Waals surface area contributed by atoms with Gasteiger partial charge in [0.1, 0.15) is 0 Å². The third kappa shape index (κ3) is 2.89. The summed E-state index contributed by atoms with van der Waals surface area (Å²) in [5, 5.41) is 4.30. The third-order valence-electron chi connectivity index (χ3n) is 4.25. The highest BCUT2D eigenvalue weighted by atomic mass is 35.5. The van der Waals surface area contributed by atoms with Crippen LogP contribution in [0.4, 0.5) is 0 Å². The zero-order valence-corrected chi connectivity index (χ0v) is 13.7. The Labute approximate surface area is 126 Å². The van der Waals surface area contributed by atoms with Gasteiger partial charge in [-0.3, -0.25) is 0 Å². The van der Waals surface area contributed by atoms with Gasteiger partial charge >= 0.3 is 0 Å². The molecule has 1 aromatic rings. The molecule has 3 nitrogen and oxygen atoms in total. The van der Waals surface area contributed by atoms with Crippen LogP contribution in [0.1, 0.15) is 38.8 Å².